The number of nitrogens with one attached hydrogen (secondary N) is 1. The van der Waals surface area contributed by atoms with Crippen LogP contribution in [0, 0.1) is 0 Å². The Hall–Kier alpha value is -2.36. The summed E-state index contributed by atoms with van der Waals surface area (Å²) < 4.78 is 0. The lowest BCUT2D eigenvalue weighted by Crippen LogP contribution is -2.32. The number of hydrogen-bond acceptors (Lipinski definition) is 3. The lowest BCUT2D eigenvalue weighted by atomic mass is 10.1. The van der Waals surface area contributed by atoms with Gasteiger partial charge in [0.1, 0.15) is 5.82 Å². The molecule has 128 valence electrons. The number of benzene rings is 1. The van der Waals surface area contributed by atoms with Gasteiger partial charge in [0.05, 0.1) is 5.56 Å². The molecule has 0 saturated heterocycles. The highest BCUT2D eigenvalue weighted by Crippen LogP contribution is 2.18. The molecule has 1 unspecified atom stereocenters. The van der Waals surface area contributed by atoms with Gasteiger partial charge in [-0.2, -0.15) is 0 Å². The van der Waals surface area contributed by atoms with E-state index < -0.39 is 0 Å². The van der Waals surface area contributed by atoms with Gasteiger partial charge < -0.3 is 10.2 Å². The van der Waals surface area contributed by atoms with Gasteiger partial charge >= 0.3 is 0 Å². The van der Waals surface area contributed by atoms with Crippen molar-refractivity contribution in [3.8, 4) is 0 Å². The van der Waals surface area contributed by atoms with Crippen molar-refractivity contribution < 1.29 is 4.79 Å². The zero-order chi connectivity index (χ0) is 17.4. The number of aromatic nitrogens is 1. The minimum absolute atomic E-state index is 0.0638. The first-order chi connectivity index (χ1) is 11.7. The maximum absolute atomic E-state index is 12.5. The van der Waals surface area contributed by atoms with Crippen LogP contribution in [0.4, 0.5) is 5.82 Å². The van der Waals surface area contributed by atoms with Gasteiger partial charge in [-0.1, -0.05) is 44.2 Å². The van der Waals surface area contributed by atoms with Crippen LogP contribution in [0.1, 0.15) is 55.6 Å². The molecule has 0 fully saturated rings. The average Bonchev–Trinajstić information content (AvgIpc) is 2.62. The summed E-state index contributed by atoms with van der Waals surface area (Å²) in [6.45, 7) is 7.86. The van der Waals surface area contributed by atoms with Crippen LogP contribution in [0.5, 0.6) is 0 Å². The predicted octanol–water partition coefficient (Wildman–Crippen LogP) is 4.52. The van der Waals surface area contributed by atoms with Crippen molar-refractivity contribution in [1.82, 2.24) is 9.88 Å². The molecule has 1 aromatic heterocycles. The summed E-state index contributed by atoms with van der Waals surface area (Å²) >= 11 is 0. The lowest BCUT2D eigenvalue weighted by molar-refractivity contribution is 0.0755. The Morgan fingerprint density at radius 3 is 2.29 bits per heavy atom. The molecule has 1 aromatic carbocycles. The van der Waals surface area contributed by atoms with Crippen LogP contribution in [0.25, 0.3) is 0 Å². The van der Waals surface area contributed by atoms with Gasteiger partial charge in [-0.05, 0) is 37.5 Å². The van der Waals surface area contributed by atoms with Gasteiger partial charge in [0.15, 0.2) is 0 Å². The van der Waals surface area contributed by atoms with Crippen molar-refractivity contribution in [3.63, 3.8) is 0 Å². The zero-order valence-electron chi connectivity index (χ0n) is 14.8. The Morgan fingerprint density at radius 1 is 1.08 bits per heavy atom. The molecule has 1 heterocycles. The topological polar surface area (TPSA) is 45.2 Å². The Kier molecular flexibility index (Phi) is 6.79. The minimum atomic E-state index is 0.0638. The lowest BCUT2D eigenvalue weighted by Gasteiger charge is -2.21. The molecule has 1 amide bonds. The van der Waals surface area contributed by atoms with E-state index in [4.69, 9.17) is 0 Å². The molecular weight excluding hydrogens is 298 g/mol. The quantitative estimate of drug-likeness (QED) is 0.776. The monoisotopic (exact) mass is 325 g/mol. The van der Waals surface area contributed by atoms with Crippen molar-refractivity contribution >= 4 is 11.7 Å². The number of carbonyl (C=O) groups excluding carboxylic acids is 1. The Balaban J connectivity index is 2.03. The number of nitrogens with zero attached hydrogens (tertiary/aromatic N) is 2. The maximum Gasteiger partial charge on any atom is 0.255 e. The third-order valence-electron chi connectivity index (χ3n) is 3.95. The van der Waals surface area contributed by atoms with Crippen LogP contribution in [0.2, 0.25) is 0 Å². The molecule has 0 radical (unpaired) electrons. The highest BCUT2D eigenvalue weighted by atomic mass is 16.2. The number of rotatable bonds is 8. The molecule has 0 aliphatic carbocycles. The fraction of sp³-hybridized carbons (Fsp3) is 0.400. The fourth-order valence-corrected chi connectivity index (χ4v) is 2.69. The third-order valence-corrected chi connectivity index (χ3v) is 3.95. The largest absolute Gasteiger partial charge is 0.364 e. The minimum Gasteiger partial charge on any atom is -0.364 e. The van der Waals surface area contributed by atoms with Crippen molar-refractivity contribution in [1.29, 1.82) is 0 Å². The fourth-order valence-electron chi connectivity index (χ4n) is 2.69. The van der Waals surface area contributed by atoms with E-state index in [1.54, 1.807) is 6.20 Å². The molecule has 0 aliphatic rings. The van der Waals surface area contributed by atoms with Gasteiger partial charge in [-0.3, -0.25) is 4.79 Å². The molecule has 2 rings (SSSR count). The molecular formula is C20H27N3O. The first kappa shape index (κ1) is 18.0. The Morgan fingerprint density at radius 2 is 1.75 bits per heavy atom. The molecule has 4 nitrogen and oxygen atoms in total. The van der Waals surface area contributed by atoms with Crippen LogP contribution >= 0.6 is 0 Å². The SMILES string of the molecule is CCCN(CCC)C(=O)c1ccc(NC(C)c2ccccc2)nc1. The summed E-state index contributed by atoms with van der Waals surface area (Å²) in [7, 11) is 0. The van der Waals surface area contributed by atoms with Gasteiger partial charge in [0.2, 0.25) is 0 Å². The van der Waals surface area contributed by atoms with Crippen LogP contribution in [0.15, 0.2) is 48.7 Å². The second-order valence-corrected chi connectivity index (χ2v) is 6.00. The highest BCUT2D eigenvalue weighted by Gasteiger charge is 2.14. The van der Waals surface area contributed by atoms with Crippen LogP contribution < -0.4 is 5.32 Å². The summed E-state index contributed by atoms with van der Waals surface area (Å²) in [5.74, 6) is 0.842. The molecule has 4 heteroatoms. The highest BCUT2D eigenvalue weighted by molar-refractivity contribution is 5.94. The normalized spacial score (nSPS) is 11.8. The number of anilines is 1. The van der Waals surface area contributed by atoms with E-state index in [9.17, 15) is 4.79 Å². The first-order valence-corrected chi connectivity index (χ1v) is 8.72. The van der Waals surface area contributed by atoms with Crippen LogP contribution in [-0.2, 0) is 0 Å². The number of hydrogen-bond donors (Lipinski definition) is 1. The molecule has 24 heavy (non-hydrogen) atoms. The smallest absolute Gasteiger partial charge is 0.255 e. The standard InChI is InChI=1S/C20H27N3O/c1-4-13-23(14-5-2)20(24)18-11-12-19(21-15-18)22-16(3)17-9-7-6-8-10-17/h6-12,15-16H,4-5,13-14H2,1-3H3,(H,21,22). The molecule has 0 aliphatic heterocycles. The predicted molar refractivity (Wildman–Crippen MR) is 99.2 cm³/mol. The Labute approximate surface area is 144 Å². The van der Waals surface area contributed by atoms with E-state index in [0.29, 0.717) is 5.56 Å². The summed E-state index contributed by atoms with van der Waals surface area (Å²) in [6, 6.07) is 14.1. The summed E-state index contributed by atoms with van der Waals surface area (Å²) in [4.78, 5) is 18.9. The van der Waals surface area contributed by atoms with Crippen molar-refractivity contribution in [2.45, 2.75) is 39.7 Å². The van der Waals surface area contributed by atoms with Gasteiger partial charge in [0, 0.05) is 25.3 Å². The van der Waals surface area contributed by atoms with E-state index in [1.807, 2.05) is 35.2 Å². The summed E-state index contributed by atoms with van der Waals surface area (Å²) in [5.41, 5.74) is 1.85. The van der Waals surface area contributed by atoms with E-state index in [0.717, 1.165) is 31.7 Å². The van der Waals surface area contributed by atoms with Gasteiger partial charge in [-0.15, -0.1) is 0 Å². The van der Waals surface area contributed by atoms with Crippen molar-refractivity contribution in [2.24, 2.45) is 0 Å². The molecule has 1 atom stereocenters. The van der Waals surface area contributed by atoms with Gasteiger partial charge in [-0.25, -0.2) is 4.98 Å². The molecule has 0 bridgehead atoms. The summed E-state index contributed by atoms with van der Waals surface area (Å²) in [5, 5.41) is 3.37. The number of pyridine rings is 1. The number of amides is 1. The molecule has 2 aromatic rings. The number of carbonyl (C=O) groups is 1. The molecule has 1 N–H and O–H groups in total. The van der Waals surface area contributed by atoms with E-state index >= 15 is 0 Å². The maximum atomic E-state index is 12.5. The second kappa shape index (κ2) is 9.06. The molecule has 0 spiro atoms. The summed E-state index contributed by atoms with van der Waals surface area (Å²) in [6.07, 6.45) is 3.60. The van der Waals surface area contributed by atoms with Crippen molar-refractivity contribution in [2.75, 3.05) is 18.4 Å². The van der Waals surface area contributed by atoms with Crippen molar-refractivity contribution in [3.05, 3.63) is 59.8 Å². The van der Waals surface area contributed by atoms with Crippen LogP contribution in [-0.4, -0.2) is 28.9 Å². The molecule has 0 saturated carbocycles. The first-order valence-electron chi connectivity index (χ1n) is 8.72. The second-order valence-electron chi connectivity index (χ2n) is 6.00. The Bertz CT molecular complexity index is 619. The van der Waals surface area contributed by atoms with E-state index in [1.165, 1.54) is 5.56 Å². The average molecular weight is 325 g/mol. The third kappa shape index (κ3) is 4.82. The van der Waals surface area contributed by atoms with Crippen LogP contribution in [0.3, 0.4) is 0 Å². The van der Waals surface area contributed by atoms with E-state index in [-0.39, 0.29) is 11.9 Å². The van der Waals surface area contributed by atoms with E-state index in [2.05, 4.69) is 43.2 Å². The zero-order valence-corrected chi connectivity index (χ0v) is 14.8. The van der Waals surface area contributed by atoms with Gasteiger partial charge in [0.25, 0.3) is 5.91 Å².